The van der Waals surface area contributed by atoms with Crippen LogP contribution in [0.25, 0.3) is 0 Å². The average molecular weight is 244 g/mol. The third-order valence-electron chi connectivity index (χ3n) is 2.05. The van der Waals surface area contributed by atoms with Crippen LogP contribution in [-0.4, -0.2) is 33.1 Å². The Morgan fingerprint density at radius 3 is 2.62 bits per heavy atom. The molecule has 1 heterocycles. The highest BCUT2D eigenvalue weighted by Gasteiger charge is 2.23. The van der Waals surface area contributed by atoms with Gasteiger partial charge in [-0.15, -0.1) is 0 Å². The van der Waals surface area contributed by atoms with Crippen LogP contribution < -0.4 is 9.47 Å². The zero-order chi connectivity index (χ0) is 11.7. The van der Waals surface area contributed by atoms with Crippen molar-refractivity contribution in [1.82, 2.24) is 0 Å². The Morgan fingerprint density at radius 1 is 1.31 bits per heavy atom. The van der Waals surface area contributed by atoms with Crippen LogP contribution in [0.4, 0.5) is 0 Å². The van der Waals surface area contributed by atoms with Gasteiger partial charge >= 0.3 is 5.97 Å². The molecule has 0 saturated carbocycles. The molecule has 7 heteroatoms. The first-order chi connectivity index (χ1) is 7.59. The van der Waals surface area contributed by atoms with Crippen LogP contribution in [0.15, 0.2) is 17.0 Å². The minimum atomic E-state index is -2.25. The van der Waals surface area contributed by atoms with Crippen molar-refractivity contribution in [2.75, 3.05) is 13.2 Å². The highest BCUT2D eigenvalue weighted by molar-refractivity contribution is 7.79. The summed E-state index contributed by atoms with van der Waals surface area (Å²) in [6.45, 7) is 0.544. The Balaban J connectivity index is 2.61. The monoisotopic (exact) mass is 244 g/mol. The van der Waals surface area contributed by atoms with Crippen LogP contribution >= 0.6 is 0 Å². The molecule has 1 unspecified atom stereocenters. The first-order valence-electron chi connectivity index (χ1n) is 4.37. The van der Waals surface area contributed by atoms with Crippen LogP contribution in [-0.2, 0) is 11.1 Å². The molecule has 1 aliphatic rings. The first kappa shape index (κ1) is 10.9. The predicted octanol–water partition coefficient (Wildman–Crippen LogP) is 0.737. The fourth-order valence-electron chi connectivity index (χ4n) is 1.39. The summed E-state index contributed by atoms with van der Waals surface area (Å²) in [6.07, 6.45) is 0. The summed E-state index contributed by atoms with van der Waals surface area (Å²) in [4.78, 5) is 10.9. The molecular formula is C9H8O6S. The second-order valence-electron chi connectivity index (χ2n) is 3.05. The lowest BCUT2D eigenvalue weighted by Crippen LogP contribution is -2.18. The van der Waals surface area contributed by atoms with Crippen molar-refractivity contribution in [3.63, 3.8) is 0 Å². The van der Waals surface area contributed by atoms with Crippen LogP contribution in [0.2, 0.25) is 0 Å². The van der Waals surface area contributed by atoms with Gasteiger partial charge in [-0.05, 0) is 6.07 Å². The van der Waals surface area contributed by atoms with Crippen molar-refractivity contribution in [2.24, 2.45) is 0 Å². The van der Waals surface area contributed by atoms with Gasteiger partial charge in [0.05, 0.1) is 4.90 Å². The third-order valence-corrected chi connectivity index (χ3v) is 2.69. The van der Waals surface area contributed by atoms with E-state index in [1.165, 1.54) is 6.07 Å². The van der Waals surface area contributed by atoms with Gasteiger partial charge in [0.1, 0.15) is 18.8 Å². The second kappa shape index (κ2) is 4.11. The molecule has 0 saturated heterocycles. The molecule has 1 aromatic carbocycles. The van der Waals surface area contributed by atoms with Gasteiger partial charge in [0.15, 0.2) is 22.6 Å². The summed E-state index contributed by atoms with van der Waals surface area (Å²) in [5, 5.41) is 8.93. The Labute approximate surface area is 93.1 Å². The lowest BCUT2D eigenvalue weighted by atomic mass is 10.2. The molecule has 0 amide bonds. The normalized spacial score (nSPS) is 15.6. The van der Waals surface area contributed by atoms with E-state index in [-0.39, 0.29) is 35.2 Å². The molecule has 1 aromatic rings. The van der Waals surface area contributed by atoms with Gasteiger partial charge in [0.2, 0.25) is 0 Å². The Morgan fingerprint density at radius 2 is 2.00 bits per heavy atom. The molecule has 86 valence electrons. The standard InChI is InChI=1S/C9H8O6S/c10-9(11)6-3-5(16(12)13)4-7-8(6)15-2-1-14-7/h3-4H,1-2H2,(H,10,11)(H,12,13). The van der Waals surface area contributed by atoms with E-state index in [0.717, 1.165) is 6.07 Å². The summed E-state index contributed by atoms with van der Waals surface area (Å²) in [7, 11) is 0. The molecule has 6 nitrogen and oxygen atoms in total. The number of carboxylic acid groups (broad SMARTS) is 1. The lowest BCUT2D eigenvalue weighted by molar-refractivity contribution is 0.0685. The molecule has 2 N–H and O–H groups in total. The van der Waals surface area contributed by atoms with Crippen molar-refractivity contribution < 1.29 is 28.1 Å². The van der Waals surface area contributed by atoms with E-state index in [2.05, 4.69) is 0 Å². The molecule has 0 fully saturated rings. The van der Waals surface area contributed by atoms with Crippen LogP contribution in [0.5, 0.6) is 11.5 Å². The van der Waals surface area contributed by atoms with Crippen molar-refractivity contribution in [2.45, 2.75) is 4.90 Å². The fraction of sp³-hybridized carbons (Fsp3) is 0.222. The maximum absolute atomic E-state index is 10.9. The van der Waals surface area contributed by atoms with Gasteiger partial charge in [-0.25, -0.2) is 9.00 Å². The molecular weight excluding hydrogens is 236 g/mol. The van der Waals surface area contributed by atoms with Crippen molar-refractivity contribution in [3.05, 3.63) is 17.7 Å². The number of carboxylic acids is 1. The van der Waals surface area contributed by atoms with Crippen LogP contribution in [0.1, 0.15) is 10.4 Å². The Kier molecular flexibility index (Phi) is 2.80. The van der Waals surface area contributed by atoms with Gasteiger partial charge in [-0.3, -0.25) is 0 Å². The minimum absolute atomic E-state index is 0.0262. The van der Waals surface area contributed by atoms with E-state index in [4.69, 9.17) is 19.1 Å². The number of fused-ring (bicyclic) bond motifs is 1. The maximum Gasteiger partial charge on any atom is 0.339 e. The van der Waals surface area contributed by atoms with E-state index in [0.29, 0.717) is 0 Å². The van der Waals surface area contributed by atoms with E-state index in [9.17, 15) is 9.00 Å². The van der Waals surface area contributed by atoms with E-state index < -0.39 is 17.0 Å². The number of hydrogen-bond donors (Lipinski definition) is 2. The highest BCUT2D eigenvalue weighted by atomic mass is 32.2. The highest BCUT2D eigenvalue weighted by Crippen LogP contribution is 2.35. The number of carbonyl (C=O) groups is 1. The minimum Gasteiger partial charge on any atom is -0.486 e. The van der Waals surface area contributed by atoms with E-state index in [1.54, 1.807) is 0 Å². The average Bonchev–Trinajstić information content (AvgIpc) is 2.27. The van der Waals surface area contributed by atoms with Gasteiger partial charge in [0.25, 0.3) is 0 Å². The summed E-state index contributed by atoms with van der Waals surface area (Å²) < 4.78 is 30.1. The summed E-state index contributed by atoms with van der Waals surface area (Å²) >= 11 is -2.25. The first-order valence-corrected chi connectivity index (χ1v) is 5.48. The molecule has 0 bridgehead atoms. The largest absolute Gasteiger partial charge is 0.486 e. The number of aromatic carboxylic acids is 1. The Bertz CT molecular complexity index is 469. The molecule has 1 aliphatic heterocycles. The van der Waals surface area contributed by atoms with Gasteiger partial charge in [-0.1, -0.05) is 0 Å². The molecule has 2 rings (SSSR count). The van der Waals surface area contributed by atoms with Crippen molar-refractivity contribution in [3.8, 4) is 11.5 Å². The van der Waals surface area contributed by atoms with Crippen LogP contribution in [0, 0.1) is 0 Å². The molecule has 1 atom stereocenters. The zero-order valence-corrected chi connectivity index (χ0v) is 8.82. The predicted molar refractivity (Wildman–Crippen MR) is 53.4 cm³/mol. The zero-order valence-electron chi connectivity index (χ0n) is 8.00. The summed E-state index contributed by atoms with van der Waals surface area (Å²) in [5.41, 5.74) is -0.172. The quantitative estimate of drug-likeness (QED) is 0.745. The smallest absolute Gasteiger partial charge is 0.339 e. The van der Waals surface area contributed by atoms with Crippen LogP contribution in [0.3, 0.4) is 0 Å². The Hall–Kier alpha value is -1.60. The summed E-state index contributed by atoms with van der Waals surface area (Å²) in [6, 6.07) is 2.41. The topological polar surface area (TPSA) is 93.1 Å². The molecule has 0 aliphatic carbocycles. The second-order valence-corrected chi connectivity index (χ2v) is 4.02. The number of ether oxygens (including phenoxy) is 2. The molecule has 0 spiro atoms. The summed E-state index contributed by atoms with van der Waals surface area (Å²) in [5.74, 6) is -0.939. The molecule has 0 aromatic heterocycles. The SMILES string of the molecule is O=C(O)c1cc(S(=O)O)cc2c1OCCO2. The molecule has 0 radical (unpaired) electrons. The van der Waals surface area contributed by atoms with Crippen molar-refractivity contribution >= 4 is 17.0 Å². The maximum atomic E-state index is 10.9. The lowest BCUT2D eigenvalue weighted by Gasteiger charge is -2.20. The van der Waals surface area contributed by atoms with Gasteiger partial charge < -0.3 is 19.1 Å². The van der Waals surface area contributed by atoms with E-state index >= 15 is 0 Å². The fourth-order valence-corrected chi connectivity index (χ4v) is 1.81. The number of benzene rings is 1. The molecule has 16 heavy (non-hydrogen) atoms. The third kappa shape index (κ3) is 1.86. The van der Waals surface area contributed by atoms with Gasteiger partial charge in [0, 0.05) is 6.07 Å². The number of hydrogen-bond acceptors (Lipinski definition) is 4. The van der Waals surface area contributed by atoms with Gasteiger partial charge in [-0.2, -0.15) is 0 Å². The van der Waals surface area contributed by atoms with Crippen molar-refractivity contribution in [1.29, 1.82) is 0 Å². The number of rotatable bonds is 2. The van der Waals surface area contributed by atoms with E-state index in [1.807, 2.05) is 0 Å².